The number of hydrogen-bond acceptors (Lipinski definition) is 3. The number of ether oxygens (including phenoxy) is 2. The summed E-state index contributed by atoms with van der Waals surface area (Å²) < 4.78 is 11.2. The van der Waals surface area contributed by atoms with Gasteiger partial charge in [0.05, 0.1) is 12.0 Å². The molecule has 4 saturated carbocycles. The van der Waals surface area contributed by atoms with Crippen LogP contribution >= 0.6 is 0 Å². The minimum Gasteiger partial charge on any atom is -0.438 e. The van der Waals surface area contributed by atoms with Gasteiger partial charge in [-0.1, -0.05) is 25.0 Å². The van der Waals surface area contributed by atoms with Gasteiger partial charge >= 0.3 is 5.97 Å². The molecule has 3 heteroatoms. The molecular formula is C19H26O3. The molecule has 0 aromatic carbocycles. The van der Waals surface area contributed by atoms with Gasteiger partial charge in [-0.05, 0) is 67.6 Å². The van der Waals surface area contributed by atoms with E-state index in [1.165, 1.54) is 25.7 Å². The summed E-state index contributed by atoms with van der Waals surface area (Å²) in [5, 5.41) is 0. The van der Waals surface area contributed by atoms with Crippen LogP contribution in [-0.4, -0.2) is 18.9 Å². The van der Waals surface area contributed by atoms with E-state index >= 15 is 0 Å². The summed E-state index contributed by atoms with van der Waals surface area (Å²) in [5.41, 5.74) is 0. The third-order valence-electron chi connectivity index (χ3n) is 7.38. The Morgan fingerprint density at radius 2 is 1.77 bits per heavy atom. The van der Waals surface area contributed by atoms with Gasteiger partial charge in [-0.3, -0.25) is 4.79 Å². The van der Waals surface area contributed by atoms with Gasteiger partial charge in [0.15, 0.2) is 6.79 Å². The Balaban J connectivity index is 1.19. The molecule has 22 heavy (non-hydrogen) atoms. The predicted octanol–water partition coefficient (Wildman–Crippen LogP) is 3.54. The summed E-state index contributed by atoms with van der Waals surface area (Å²) in [5.74, 6) is 4.81. The number of carbonyl (C=O) groups excluding carboxylic acids is 1. The summed E-state index contributed by atoms with van der Waals surface area (Å²) in [6, 6.07) is 0. The molecule has 0 spiro atoms. The summed E-state index contributed by atoms with van der Waals surface area (Å²) in [6.45, 7) is 0.178. The van der Waals surface area contributed by atoms with Crippen LogP contribution in [-0.2, 0) is 14.3 Å². The highest BCUT2D eigenvalue weighted by Crippen LogP contribution is 2.67. The molecule has 0 N–H and O–H groups in total. The number of fused-ring (bicyclic) bond motifs is 9. The molecule has 0 aromatic heterocycles. The molecule has 0 aliphatic heterocycles. The van der Waals surface area contributed by atoms with Gasteiger partial charge in [-0.25, -0.2) is 0 Å². The molecule has 0 radical (unpaired) electrons. The van der Waals surface area contributed by atoms with Gasteiger partial charge in [0.25, 0.3) is 0 Å². The molecule has 7 unspecified atom stereocenters. The molecule has 5 aliphatic carbocycles. The first-order valence-electron chi connectivity index (χ1n) is 9.28. The van der Waals surface area contributed by atoms with Crippen LogP contribution in [0.1, 0.15) is 44.9 Å². The Hall–Kier alpha value is -0.830. The monoisotopic (exact) mass is 302 g/mol. The van der Waals surface area contributed by atoms with Crippen molar-refractivity contribution >= 4 is 5.97 Å². The molecule has 4 bridgehead atoms. The van der Waals surface area contributed by atoms with E-state index in [9.17, 15) is 4.79 Å². The summed E-state index contributed by atoms with van der Waals surface area (Å²) in [6.07, 6.45) is 13.7. The van der Waals surface area contributed by atoms with E-state index in [1.54, 1.807) is 0 Å². The highest BCUT2D eigenvalue weighted by Gasteiger charge is 2.62. The Kier molecular flexibility index (Phi) is 3.14. The fraction of sp³-hybridized carbons (Fsp3) is 0.842. The predicted molar refractivity (Wildman–Crippen MR) is 81.7 cm³/mol. The minimum atomic E-state index is 0.0238. The number of esters is 1. The highest BCUT2D eigenvalue weighted by atomic mass is 16.7. The van der Waals surface area contributed by atoms with Crippen LogP contribution in [0.4, 0.5) is 0 Å². The minimum absolute atomic E-state index is 0.0238. The first-order valence-corrected chi connectivity index (χ1v) is 9.28. The molecule has 0 amide bonds. The van der Waals surface area contributed by atoms with E-state index in [0.29, 0.717) is 12.0 Å². The van der Waals surface area contributed by atoms with Crippen molar-refractivity contribution in [2.75, 3.05) is 6.79 Å². The third kappa shape index (κ3) is 1.94. The van der Waals surface area contributed by atoms with Crippen LogP contribution < -0.4 is 0 Å². The number of carbonyl (C=O) groups is 1. The Labute approximate surface area is 132 Å². The SMILES string of the molecule is O=C(OCOC1CCCC1)C1CC2CC1C1C3C=CC(C3)C21. The Morgan fingerprint density at radius 1 is 1.00 bits per heavy atom. The Bertz CT molecular complexity index is 493. The first-order chi connectivity index (χ1) is 10.8. The second-order valence-corrected chi connectivity index (χ2v) is 8.26. The lowest BCUT2D eigenvalue weighted by Crippen LogP contribution is -2.35. The normalized spacial score (nSPS) is 48.3. The standard InChI is InChI=1S/C19H26O3/c20-19(22-10-21-14-3-1-2-4-14)16-9-13-8-15(16)18-12-6-5-11(7-12)17(13)18/h5-6,11-18H,1-4,7-10H2. The highest BCUT2D eigenvalue weighted by molar-refractivity contribution is 5.73. The number of allylic oxidation sites excluding steroid dienone is 2. The molecule has 5 aliphatic rings. The van der Waals surface area contributed by atoms with E-state index < -0.39 is 0 Å². The van der Waals surface area contributed by atoms with E-state index in [4.69, 9.17) is 9.47 Å². The fourth-order valence-electron chi connectivity index (χ4n) is 6.64. The van der Waals surface area contributed by atoms with Gasteiger partial charge in [0, 0.05) is 0 Å². The summed E-state index contributed by atoms with van der Waals surface area (Å²) >= 11 is 0. The maximum Gasteiger partial charge on any atom is 0.311 e. The molecular weight excluding hydrogens is 276 g/mol. The zero-order valence-electron chi connectivity index (χ0n) is 13.2. The quantitative estimate of drug-likeness (QED) is 0.345. The summed E-state index contributed by atoms with van der Waals surface area (Å²) in [7, 11) is 0. The average molecular weight is 302 g/mol. The van der Waals surface area contributed by atoms with Crippen molar-refractivity contribution in [3.8, 4) is 0 Å². The lowest BCUT2D eigenvalue weighted by atomic mass is 9.69. The molecule has 0 saturated heterocycles. The van der Waals surface area contributed by atoms with E-state index in [1.807, 2.05) is 0 Å². The fourth-order valence-corrected chi connectivity index (χ4v) is 6.64. The van der Waals surface area contributed by atoms with Crippen molar-refractivity contribution in [2.24, 2.45) is 41.4 Å². The maximum absolute atomic E-state index is 12.5. The van der Waals surface area contributed by atoms with Gasteiger partial charge in [-0.2, -0.15) is 0 Å². The van der Waals surface area contributed by atoms with Crippen LogP contribution in [0.15, 0.2) is 12.2 Å². The van der Waals surface area contributed by atoms with Crippen LogP contribution in [0.2, 0.25) is 0 Å². The van der Waals surface area contributed by atoms with Crippen LogP contribution in [0.5, 0.6) is 0 Å². The topological polar surface area (TPSA) is 35.5 Å². The van der Waals surface area contributed by atoms with Crippen molar-refractivity contribution < 1.29 is 14.3 Å². The molecule has 3 nitrogen and oxygen atoms in total. The van der Waals surface area contributed by atoms with Crippen LogP contribution in [0, 0.1) is 41.4 Å². The largest absolute Gasteiger partial charge is 0.438 e. The first kappa shape index (κ1) is 13.6. The van der Waals surface area contributed by atoms with Gasteiger partial charge in [-0.15, -0.1) is 0 Å². The summed E-state index contributed by atoms with van der Waals surface area (Å²) in [4.78, 5) is 12.5. The van der Waals surface area contributed by atoms with E-state index in [0.717, 1.165) is 48.9 Å². The van der Waals surface area contributed by atoms with Crippen LogP contribution in [0.3, 0.4) is 0 Å². The third-order valence-corrected chi connectivity index (χ3v) is 7.38. The lowest BCUT2D eigenvalue weighted by molar-refractivity contribution is -0.168. The molecule has 4 fully saturated rings. The number of hydrogen-bond donors (Lipinski definition) is 0. The molecule has 7 atom stereocenters. The van der Waals surface area contributed by atoms with Crippen molar-refractivity contribution in [1.82, 2.24) is 0 Å². The van der Waals surface area contributed by atoms with Gasteiger partial charge in [0.2, 0.25) is 0 Å². The van der Waals surface area contributed by atoms with E-state index in [-0.39, 0.29) is 18.7 Å². The van der Waals surface area contributed by atoms with Crippen LogP contribution in [0.25, 0.3) is 0 Å². The maximum atomic E-state index is 12.5. The smallest absolute Gasteiger partial charge is 0.311 e. The second kappa shape index (κ2) is 5.09. The second-order valence-electron chi connectivity index (χ2n) is 8.26. The van der Waals surface area contributed by atoms with Gasteiger partial charge in [0.1, 0.15) is 0 Å². The Morgan fingerprint density at radius 3 is 2.59 bits per heavy atom. The zero-order chi connectivity index (χ0) is 14.7. The van der Waals surface area contributed by atoms with Crippen molar-refractivity contribution in [1.29, 1.82) is 0 Å². The average Bonchev–Trinajstić information content (AvgIpc) is 3.28. The van der Waals surface area contributed by atoms with Crippen molar-refractivity contribution in [2.45, 2.75) is 51.0 Å². The zero-order valence-corrected chi connectivity index (χ0v) is 13.2. The molecule has 5 rings (SSSR count). The molecule has 0 heterocycles. The lowest BCUT2D eigenvalue weighted by Gasteiger charge is -2.35. The number of rotatable bonds is 4. The van der Waals surface area contributed by atoms with Crippen molar-refractivity contribution in [3.05, 3.63) is 12.2 Å². The molecule has 0 aromatic rings. The molecule has 120 valence electrons. The van der Waals surface area contributed by atoms with Gasteiger partial charge < -0.3 is 9.47 Å². The van der Waals surface area contributed by atoms with E-state index in [2.05, 4.69) is 12.2 Å². The van der Waals surface area contributed by atoms with Crippen molar-refractivity contribution in [3.63, 3.8) is 0 Å².